The van der Waals surface area contributed by atoms with Crippen molar-refractivity contribution in [3.8, 4) is 0 Å². The van der Waals surface area contributed by atoms with Gasteiger partial charge in [0.2, 0.25) is 0 Å². The number of aldehydes is 1. The van der Waals surface area contributed by atoms with Gasteiger partial charge in [-0.15, -0.1) is 0 Å². The maximum atomic E-state index is 10.0. The molecular formula is C5H7NO3. The van der Waals surface area contributed by atoms with Gasteiger partial charge in [-0.2, -0.15) is 0 Å². The summed E-state index contributed by atoms with van der Waals surface area (Å²) < 4.78 is 0. The van der Waals surface area contributed by atoms with E-state index in [2.05, 4.69) is 9.99 Å². The number of nitrogens with zero attached hydrogens (tertiary/aromatic N) is 1. The van der Waals surface area contributed by atoms with E-state index in [1.54, 1.807) is 0 Å². The molecule has 0 fully saturated rings. The normalized spacial score (nSPS) is 10.7. The van der Waals surface area contributed by atoms with E-state index < -0.39 is 5.97 Å². The lowest BCUT2D eigenvalue weighted by atomic mass is 10.5. The van der Waals surface area contributed by atoms with Gasteiger partial charge >= 0.3 is 5.97 Å². The van der Waals surface area contributed by atoms with Crippen LogP contribution in [0.2, 0.25) is 0 Å². The van der Waals surface area contributed by atoms with Crippen LogP contribution < -0.4 is 0 Å². The Hall–Kier alpha value is -1.19. The third-order valence-corrected chi connectivity index (χ3v) is 0.489. The van der Waals surface area contributed by atoms with Crippen molar-refractivity contribution in [2.45, 2.75) is 13.8 Å². The van der Waals surface area contributed by atoms with Crippen LogP contribution in [0.5, 0.6) is 0 Å². The third kappa shape index (κ3) is 4.67. The van der Waals surface area contributed by atoms with Gasteiger partial charge < -0.3 is 4.84 Å². The van der Waals surface area contributed by atoms with Crippen molar-refractivity contribution in [3.05, 3.63) is 0 Å². The second-order valence-corrected chi connectivity index (χ2v) is 1.43. The van der Waals surface area contributed by atoms with Gasteiger partial charge in [0.25, 0.3) is 0 Å². The average molecular weight is 129 g/mol. The topological polar surface area (TPSA) is 55.7 Å². The summed E-state index contributed by atoms with van der Waals surface area (Å²) in [6.07, 6.45) is 0.503. The van der Waals surface area contributed by atoms with E-state index in [1.807, 2.05) is 0 Å². The van der Waals surface area contributed by atoms with Crippen LogP contribution in [0.25, 0.3) is 0 Å². The molecule has 0 aromatic heterocycles. The van der Waals surface area contributed by atoms with Crippen LogP contribution in [0, 0.1) is 0 Å². The first-order valence-corrected chi connectivity index (χ1v) is 2.34. The van der Waals surface area contributed by atoms with Crippen molar-refractivity contribution in [1.29, 1.82) is 0 Å². The Morgan fingerprint density at radius 2 is 2.11 bits per heavy atom. The molecule has 0 unspecified atom stereocenters. The predicted molar refractivity (Wildman–Crippen MR) is 30.9 cm³/mol. The zero-order valence-corrected chi connectivity index (χ0v) is 5.25. The van der Waals surface area contributed by atoms with E-state index in [0.29, 0.717) is 6.29 Å². The van der Waals surface area contributed by atoms with Gasteiger partial charge in [0.15, 0.2) is 6.29 Å². The number of rotatable bonds is 2. The molecular weight excluding hydrogens is 122 g/mol. The predicted octanol–water partition coefficient (Wildman–Crippen LogP) is 0.124. The maximum Gasteiger partial charge on any atom is 0.331 e. The summed E-state index contributed by atoms with van der Waals surface area (Å²) >= 11 is 0. The van der Waals surface area contributed by atoms with Crippen molar-refractivity contribution in [1.82, 2.24) is 0 Å². The first kappa shape index (κ1) is 7.81. The van der Waals surface area contributed by atoms with Crippen LogP contribution in [0.1, 0.15) is 13.8 Å². The lowest BCUT2D eigenvalue weighted by molar-refractivity contribution is -0.140. The summed E-state index contributed by atoms with van der Waals surface area (Å²) in [5.74, 6) is -0.531. The first-order chi connectivity index (χ1) is 4.16. The lowest BCUT2D eigenvalue weighted by Gasteiger charge is -1.87. The van der Waals surface area contributed by atoms with Gasteiger partial charge in [-0.3, -0.25) is 4.79 Å². The fraction of sp³-hybridized carbons (Fsp3) is 0.400. The summed E-state index contributed by atoms with van der Waals surface area (Å²) in [5.41, 5.74) is 0.144. The molecule has 4 nitrogen and oxygen atoms in total. The summed E-state index contributed by atoms with van der Waals surface area (Å²) in [7, 11) is 0. The molecule has 0 saturated heterocycles. The minimum atomic E-state index is -0.531. The minimum Gasteiger partial charge on any atom is -0.318 e. The quantitative estimate of drug-likeness (QED) is 0.230. The van der Waals surface area contributed by atoms with E-state index >= 15 is 0 Å². The number of hydrogen-bond acceptors (Lipinski definition) is 4. The Balaban J connectivity index is 3.69. The van der Waals surface area contributed by atoms with Crippen LogP contribution in [-0.2, 0) is 14.4 Å². The zero-order chi connectivity index (χ0) is 7.28. The van der Waals surface area contributed by atoms with Gasteiger partial charge in [0.1, 0.15) is 5.71 Å². The fourth-order valence-corrected chi connectivity index (χ4v) is 0.158. The highest BCUT2D eigenvalue weighted by Crippen LogP contribution is 1.77. The molecule has 0 aliphatic rings. The summed E-state index contributed by atoms with van der Waals surface area (Å²) in [4.78, 5) is 23.9. The van der Waals surface area contributed by atoms with E-state index in [9.17, 15) is 9.59 Å². The molecule has 0 saturated carbocycles. The van der Waals surface area contributed by atoms with Crippen molar-refractivity contribution < 1.29 is 14.4 Å². The number of carbonyl (C=O) groups is 2. The van der Waals surface area contributed by atoms with E-state index in [1.165, 1.54) is 13.8 Å². The van der Waals surface area contributed by atoms with Crippen molar-refractivity contribution in [3.63, 3.8) is 0 Å². The Morgan fingerprint density at radius 1 is 1.56 bits per heavy atom. The molecule has 50 valence electrons. The lowest BCUT2D eigenvalue weighted by Crippen LogP contribution is -1.97. The first-order valence-electron chi connectivity index (χ1n) is 2.34. The molecule has 0 aromatic carbocycles. The maximum absolute atomic E-state index is 10.0. The van der Waals surface area contributed by atoms with Gasteiger partial charge in [0, 0.05) is 6.92 Å². The highest BCUT2D eigenvalue weighted by atomic mass is 16.7. The molecule has 0 spiro atoms. The standard InChI is InChI=1S/C5H7NO3/c1-4(3-7)6-9-5(2)8/h3H,1-2H3/b6-4+. The van der Waals surface area contributed by atoms with Crippen molar-refractivity contribution in [2.75, 3.05) is 0 Å². The van der Waals surface area contributed by atoms with Crippen molar-refractivity contribution >= 4 is 18.0 Å². The van der Waals surface area contributed by atoms with E-state index in [0.717, 1.165) is 0 Å². The highest BCUT2D eigenvalue weighted by molar-refractivity contribution is 6.26. The summed E-state index contributed by atoms with van der Waals surface area (Å²) in [6, 6.07) is 0. The Labute approximate surface area is 52.5 Å². The van der Waals surface area contributed by atoms with Crippen LogP contribution in [0.4, 0.5) is 0 Å². The van der Waals surface area contributed by atoms with Crippen LogP contribution in [0.15, 0.2) is 5.16 Å². The molecule has 9 heavy (non-hydrogen) atoms. The molecule has 0 N–H and O–H groups in total. The molecule has 0 rings (SSSR count). The van der Waals surface area contributed by atoms with Gasteiger partial charge in [-0.25, -0.2) is 4.79 Å². The second-order valence-electron chi connectivity index (χ2n) is 1.43. The number of hydrogen-bond donors (Lipinski definition) is 0. The monoisotopic (exact) mass is 129 g/mol. The second kappa shape index (κ2) is 3.77. The highest BCUT2D eigenvalue weighted by Gasteiger charge is 1.89. The fourth-order valence-electron chi connectivity index (χ4n) is 0.158. The van der Waals surface area contributed by atoms with Crippen LogP contribution in [-0.4, -0.2) is 18.0 Å². The largest absolute Gasteiger partial charge is 0.331 e. The molecule has 0 bridgehead atoms. The van der Waals surface area contributed by atoms with E-state index in [4.69, 9.17) is 0 Å². The molecule has 0 aliphatic heterocycles. The SMILES string of the molecule is CC(=O)O/N=C(\C)C=O. The average Bonchev–Trinajstić information content (AvgIpc) is 1.83. The number of carbonyl (C=O) groups excluding carboxylic acids is 2. The van der Waals surface area contributed by atoms with E-state index in [-0.39, 0.29) is 5.71 Å². The molecule has 4 heteroatoms. The Morgan fingerprint density at radius 3 is 2.44 bits per heavy atom. The van der Waals surface area contributed by atoms with Crippen LogP contribution in [0.3, 0.4) is 0 Å². The third-order valence-electron chi connectivity index (χ3n) is 0.489. The zero-order valence-electron chi connectivity index (χ0n) is 5.25. The number of oxime groups is 1. The van der Waals surface area contributed by atoms with Crippen molar-refractivity contribution in [2.24, 2.45) is 5.16 Å². The Bertz CT molecular complexity index is 150. The molecule has 0 aromatic rings. The molecule has 0 radical (unpaired) electrons. The van der Waals surface area contributed by atoms with Crippen LogP contribution >= 0.6 is 0 Å². The molecule has 0 atom stereocenters. The van der Waals surface area contributed by atoms with Gasteiger partial charge in [0.05, 0.1) is 0 Å². The molecule has 0 aliphatic carbocycles. The summed E-state index contributed by atoms with van der Waals surface area (Å²) in [5, 5.41) is 3.14. The Kier molecular flexibility index (Phi) is 3.27. The van der Waals surface area contributed by atoms with Gasteiger partial charge in [-0.1, -0.05) is 5.16 Å². The van der Waals surface area contributed by atoms with Gasteiger partial charge in [-0.05, 0) is 6.92 Å². The molecule has 0 amide bonds. The summed E-state index contributed by atoms with van der Waals surface area (Å²) in [6.45, 7) is 2.65. The smallest absolute Gasteiger partial charge is 0.318 e. The molecule has 0 heterocycles. The minimum absolute atomic E-state index is 0.144.